The van der Waals surface area contributed by atoms with Crippen LogP contribution in [0.5, 0.6) is 0 Å². The van der Waals surface area contributed by atoms with E-state index in [0.29, 0.717) is 0 Å². The number of thiazole rings is 1. The largest absolute Gasteiger partial charge is 0.245 e. The zero-order valence-corrected chi connectivity index (χ0v) is 7.32. The van der Waals surface area contributed by atoms with E-state index < -0.39 is 0 Å². The summed E-state index contributed by atoms with van der Waals surface area (Å²) in [6, 6.07) is 0. The van der Waals surface area contributed by atoms with Crippen LogP contribution >= 0.6 is 11.3 Å². The smallest absolute Gasteiger partial charge is 0.0928 e. The minimum Gasteiger partial charge on any atom is -0.245 e. The van der Waals surface area contributed by atoms with Gasteiger partial charge in [-0.2, -0.15) is 0 Å². The second kappa shape index (κ2) is 4.15. The molecular weight excluding hydrogens is 154 g/mol. The van der Waals surface area contributed by atoms with Crippen LogP contribution in [0.4, 0.5) is 0 Å². The summed E-state index contributed by atoms with van der Waals surface area (Å²) >= 11 is 1.68. The fourth-order valence-electron chi connectivity index (χ4n) is 0.805. The molecular formula is C9H10NS. The highest BCUT2D eigenvalue weighted by molar-refractivity contribution is 7.09. The predicted octanol–water partition coefficient (Wildman–Crippen LogP) is 2.28. The van der Waals surface area contributed by atoms with E-state index in [4.69, 9.17) is 6.42 Å². The van der Waals surface area contributed by atoms with Gasteiger partial charge in [0.25, 0.3) is 0 Å². The van der Waals surface area contributed by atoms with E-state index in [9.17, 15) is 0 Å². The monoisotopic (exact) mass is 164 g/mol. The van der Waals surface area contributed by atoms with Gasteiger partial charge in [-0.05, 0) is 12.8 Å². The lowest BCUT2D eigenvalue weighted by molar-refractivity contribution is 0.905. The average Bonchev–Trinajstić information content (AvgIpc) is 2.38. The number of hydrogen-bond acceptors (Lipinski definition) is 2. The van der Waals surface area contributed by atoms with E-state index >= 15 is 0 Å². The van der Waals surface area contributed by atoms with Crippen LogP contribution in [-0.4, -0.2) is 4.98 Å². The number of aryl methyl sites for hydroxylation is 1. The molecule has 0 fully saturated rings. The Labute approximate surface area is 71.5 Å². The Balaban J connectivity index is 2.60. The number of aromatic nitrogens is 1. The molecule has 1 heterocycles. The van der Waals surface area contributed by atoms with Crippen molar-refractivity contribution < 1.29 is 0 Å². The zero-order valence-electron chi connectivity index (χ0n) is 6.50. The van der Waals surface area contributed by atoms with Crippen molar-refractivity contribution in [2.24, 2.45) is 0 Å². The molecule has 0 N–H and O–H groups in total. The predicted molar refractivity (Wildman–Crippen MR) is 48.3 cm³/mol. The summed E-state index contributed by atoms with van der Waals surface area (Å²) < 4.78 is 0. The summed E-state index contributed by atoms with van der Waals surface area (Å²) in [6.07, 6.45) is 8.99. The molecule has 0 unspecified atom stereocenters. The third-order valence-electron chi connectivity index (χ3n) is 1.26. The normalized spacial score (nSPS) is 9.45. The van der Waals surface area contributed by atoms with E-state index in [0.717, 1.165) is 18.5 Å². The summed E-state index contributed by atoms with van der Waals surface area (Å²) in [5, 5.41) is 3.17. The summed E-state index contributed by atoms with van der Waals surface area (Å²) in [7, 11) is 0. The third-order valence-corrected chi connectivity index (χ3v) is 2.19. The molecule has 0 atom stereocenters. The van der Waals surface area contributed by atoms with Crippen molar-refractivity contribution in [1.82, 2.24) is 4.98 Å². The first-order valence-electron chi connectivity index (χ1n) is 3.60. The third kappa shape index (κ3) is 2.36. The first-order chi connectivity index (χ1) is 5.36. The fraction of sp³-hybridized carbons (Fsp3) is 0.333. The van der Waals surface area contributed by atoms with Gasteiger partial charge >= 0.3 is 0 Å². The Kier molecular flexibility index (Phi) is 3.13. The summed E-state index contributed by atoms with van der Waals surface area (Å²) in [4.78, 5) is 4.31. The minimum absolute atomic E-state index is 0.918. The Morgan fingerprint density at radius 1 is 1.82 bits per heavy atom. The lowest BCUT2D eigenvalue weighted by Gasteiger charge is -1.86. The van der Waals surface area contributed by atoms with Crippen molar-refractivity contribution in [2.45, 2.75) is 19.8 Å². The molecule has 1 aromatic heterocycles. The second-order valence-corrected chi connectivity index (χ2v) is 3.17. The first kappa shape index (κ1) is 8.29. The van der Waals surface area contributed by atoms with Gasteiger partial charge in [-0.3, -0.25) is 0 Å². The van der Waals surface area contributed by atoms with Crippen LogP contribution in [0.1, 0.15) is 24.0 Å². The van der Waals surface area contributed by atoms with Crippen LogP contribution < -0.4 is 0 Å². The quantitative estimate of drug-likeness (QED) is 0.624. The molecule has 2 heteroatoms. The van der Waals surface area contributed by atoms with Gasteiger partial charge in [-0.15, -0.1) is 17.8 Å². The molecule has 1 aromatic rings. The van der Waals surface area contributed by atoms with Gasteiger partial charge in [-0.1, -0.05) is 12.8 Å². The molecule has 1 rings (SSSR count). The summed E-state index contributed by atoms with van der Waals surface area (Å²) in [6.45, 7) is 2.14. The number of rotatable bonds is 3. The van der Waals surface area contributed by atoms with Crippen LogP contribution in [-0.2, 0) is 6.42 Å². The van der Waals surface area contributed by atoms with Crippen molar-refractivity contribution in [3.8, 4) is 12.3 Å². The van der Waals surface area contributed by atoms with E-state index in [1.807, 2.05) is 5.38 Å². The topological polar surface area (TPSA) is 12.9 Å². The Bertz CT molecular complexity index is 257. The number of hydrogen-bond donors (Lipinski definition) is 0. The maximum atomic E-state index is 5.10. The zero-order chi connectivity index (χ0) is 8.10. The van der Waals surface area contributed by atoms with Crippen molar-refractivity contribution in [3.05, 3.63) is 22.5 Å². The van der Waals surface area contributed by atoms with Crippen molar-refractivity contribution in [3.63, 3.8) is 0 Å². The Hall–Kier alpha value is -0.810. The maximum absolute atomic E-state index is 5.10. The van der Waals surface area contributed by atoms with Gasteiger partial charge in [0.05, 0.1) is 17.1 Å². The molecule has 0 bridgehead atoms. The van der Waals surface area contributed by atoms with Crippen LogP contribution in [0.2, 0.25) is 0 Å². The number of nitrogens with zero attached hydrogens (tertiary/aromatic N) is 1. The van der Waals surface area contributed by atoms with Gasteiger partial charge < -0.3 is 0 Å². The lowest BCUT2D eigenvalue weighted by Crippen LogP contribution is -1.82. The molecule has 0 aliphatic carbocycles. The molecule has 0 aromatic carbocycles. The van der Waals surface area contributed by atoms with E-state index in [1.165, 1.54) is 5.01 Å². The molecule has 57 valence electrons. The fourth-order valence-corrected chi connectivity index (χ4v) is 1.66. The van der Waals surface area contributed by atoms with E-state index in [1.54, 1.807) is 17.8 Å². The van der Waals surface area contributed by atoms with Gasteiger partial charge in [0.15, 0.2) is 0 Å². The number of terminal acetylenes is 1. The van der Waals surface area contributed by atoms with Gasteiger partial charge in [0.2, 0.25) is 0 Å². The van der Waals surface area contributed by atoms with Gasteiger partial charge in [-0.25, -0.2) is 4.98 Å². The highest BCUT2D eigenvalue weighted by Crippen LogP contribution is 2.12. The minimum atomic E-state index is 0.918. The molecule has 11 heavy (non-hydrogen) atoms. The Morgan fingerprint density at radius 2 is 2.64 bits per heavy atom. The van der Waals surface area contributed by atoms with E-state index in [2.05, 4.69) is 17.8 Å². The standard InChI is InChI=1S/C9H10NS/c1-3-5-8-7-11-9(10-8)6-4-2/h1,5,7H,4,6H2,2H3. The van der Waals surface area contributed by atoms with Crippen molar-refractivity contribution >= 4 is 11.3 Å². The SMILES string of the molecule is C#C[CH]c1csc(CCC)n1. The van der Waals surface area contributed by atoms with Crippen LogP contribution in [0, 0.1) is 18.8 Å². The van der Waals surface area contributed by atoms with Gasteiger partial charge in [0, 0.05) is 5.38 Å². The first-order valence-corrected chi connectivity index (χ1v) is 4.48. The molecule has 0 saturated heterocycles. The highest BCUT2D eigenvalue weighted by Gasteiger charge is 1.98. The Morgan fingerprint density at radius 3 is 3.27 bits per heavy atom. The molecule has 0 amide bonds. The molecule has 0 saturated carbocycles. The molecule has 0 aliphatic rings. The maximum Gasteiger partial charge on any atom is 0.0928 e. The summed E-state index contributed by atoms with van der Waals surface area (Å²) in [5.41, 5.74) is 0.918. The molecule has 1 nitrogen and oxygen atoms in total. The van der Waals surface area contributed by atoms with Crippen LogP contribution in [0.25, 0.3) is 0 Å². The van der Waals surface area contributed by atoms with Crippen LogP contribution in [0.15, 0.2) is 5.38 Å². The highest BCUT2D eigenvalue weighted by atomic mass is 32.1. The lowest BCUT2D eigenvalue weighted by atomic mass is 10.3. The molecule has 0 spiro atoms. The van der Waals surface area contributed by atoms with Crippen molar-refractivity contribution in [2.75, 3.05) is 0 Å². The molecule has 1 radical (unpaired) electrons. The summed E-state index contributed by atoms with van der Waals surface area (Å²) in [5.74, 6) is 2.46. The second-order valence-electron chi connectivity index (χ2n) is 2.23. The molecule has 0 aliphatic heterocycles. The van der Waals surface area contributed by atoms with Crippen LogP contribution in [0.3, 0.4) is 0 Å². The van der Waals surface area contributed by atoms with Gasteiger partial charge in [0.1, 0.15) is 0 Å². The van der Waals surface area contributed by atoms with Crippen molar-refractivity contribution in [1.29, 1.82) is 0 Å². The average molecular weight is 164 g/mol. The van der Waals surface area contributed by atoms with E-state index in [-0.39, 0.29) is 0 Å².